The van der Waals surface area contributed by atoms with Crippen LogP contribution in [0.5, 0.6) is 0 Å². The van der Waals surface area contributed by atoms with Crippen molar-refractivity contribution in [2.45, 2.75) is 97.2 Å². The summed E-state index contributed by atoms with van der Waals surface area (Å²) in [6.45, 7) is 14.1. The molecule has 2 saturated heterocycles. The number of esters is 4. The van der Waals surface area contributed by atoms with Crippen LogP contribution < -0.4 is 4.90 Å². The second-order valence-electron chi connectivity index (χ2n) is 18.4. The van der Waals surface area contributed by atoms with Gasteiger partial charge in [-0.05, 0) is 74.1 Å². The summed E-state index contributed by atoms with van der Waals surface area (Å²) in [6.07, 6.45) is 0.122. The van der Waals surface area contributed by atoms with Crippen LogP contribution in [-0.4, -0.2) is 35.5 Å². The molecule has 0 radical (unpaired) electrons. The van der Waals surface area contributed by atoms with E-state index in [4.69, 9.17) is 18.9 Å². The number of hydrogen-bond acceptors (Lipinski definition) is 9. The minimum absolute atomic E-state index is 0.122. The topological polar surface area (TPSA) is 108 Å². The molecule has 5 aromatic rings. The van der Waals surface area contributed by atoms with Gasteiger partial charge in [0.05, 0.1) is 6.04 Å². The predicted octanol–water partition coefficient (Wildman–Crippen LogP) is 10.1. The van der Waals surface area contributed by atoms with Crippen LogP contribution in [0.3, 0.4) is 0 Å². The van der Waals surface area contributed by atoms with Crippen molar-refractivity contribution in [1.82, 2.24) is 0 Å². The van der Waals surface area contributed by atoms with Gasteiger partial charge in [0.1, 0.15) is 0 Å². The van der Waals surface area contributed by atoms with Gasteiger partial charge >= 0.3 is 23.9 Å². The number of cyclic esters (lactones) is 4. The fraction of sp³-hybridized carbons (Fsp3) is 0.321. The molecule has 1 aliphatic carbocycles. The van der Waals surface area contributed by atoms with E-state index in [1.165, 1.54) is 0 Å². The van der Waals surface area contributed by atoms with Crippen LogP contribution in [0.1, 0.15) is 102 Å². The zero-order chi connectivity index (χ0) is 43.9. The number of ether oxygens (including phenoxy) is 4. The van der Waals surface area contributed by atoms with Crippen LogP contribution in [0.2, 0.25) is 0 Å². The zero-order valence-corrected chi connectivity index (χ0v) is 36.4. The van der Waals surface area contributed by atoms with Gasteiger partial charge in [-0.25, -0.2) is 0 Å². The number of para-hydroxylation sites is 1. The lowest BCUT2D eigenvalue weighted by Gasteiger charge is -2.61. The molecule has 5 aromatic carbocycles. The van der Waals surface area contributed by atoms with Gasteiger partial charge in [-0.1, -0.05) is 138 Å². The Labute approximate surface area is 362 Å². The minimum Gasteiger partial charge on any atom is -0.422 e. The standard InChI is InChI=1S/C53H51NO8/c1-31-14-22-35(23-15-31)40-30-41-42(43(36-24-16-32(2)17-25-36)52(40)46(55)59-50(5,6)60-47(52)56)44(37-26-18-33(3)19-27-37)53(48(57)61-51(7,8)62-49(53)58)45(38-28-20-34(4)21-29-38)54(41)39-12-10-9-11-13-39/h9-29,40,43-45H,30H2,1-8H3/t40-,43-,44-,45-/m0/s1. The van der Waals surface area contributed by atoms with E-state index in [-0.39, 0.29) is 6.42 Å². The summed E-state index contributed by atoms with van der Waals surface area (Å²) in [5, 5.41) is 0. The van der Waals surface area contributed by atoms with Crippen molar-refractivity contribution in [3.8, 4) is 0 Å². The number of aryl methyl sites for hydroxylation is 4. The third-order valence-electron chi connectivity index (χ3n) is 13.2. The first kappa shape index (κ1) is 40.9. The first-order valence-corrected chi connectivity index (χ1v) is 21.2. The summed E-state index contributed by atoms with van der Waals surface area (Å²) in [7, 11) is 0. The third-order valence-corrected chi connectivity index (χ3v) is 13.2. The molecular weight excluding hydrogens is 779 g/mol. The molecule has 0 aromatic heterocycles. The van der Waals surface area contributed by atoms with Crippen LogP contribution in [0.25, 0.3) is 0 Å². The highest BCUT2D eigenvalue weighted by molar-refractivity contribution is 6.08. The van der Waals surface area contributed by atoms with Gasteiger partial charge in [0.2, 0.25) is 0 Å². The number of rotatable bonds is 5. The Bertz CT molecular complexity index is 2540. The van der Waals surface area contributed by atoms with Gasteiger partial charge in [-0.15, -0.1) is 0 Å². The second-order valence-corrected chi connectivity index (χ2v) is 18.4. The van der Waals surface area contributed by atoms with Gasteiger partial charge in [-0.3, -0.25) is 19.2 Å². The average molecular weight is 830 g/mol. The molecule has 62 heavy (non-hydrogen) atoms. The fourth-order valence-corrected chi connectivity index (χ4v) is 10.5. The molecule has 0 N–H and O–H groups in total. The van der Waals surface area contributed by atoms with Crippen LogP contribution >= 0.6 is 0 Å². The van der Waals surface area contributed by atoms with Crippen LogP contribution in [0.4, 0.5) is 5.69 Å². The van der Waals surface area contributed by atoms with Gasteiger partial charge in [0.15, 0.2) is 10.8 Å². The number of allylic oxidation sites excluding steroid dienone is 2. The van der Waals surface area contributed by atoms with Crippen molar-refractivity contribution in [3.63, 3.8) is 0 Å². The van der Waals surface area contributed by atoms with Gasteiger partial charge < -0.3 is 23.8 Å². The summed E-state index contributed by atoms with van der Waals surface area (Å²) in [5.41, 5.74) is 4.32. The molecule has 9 rings (SSSR count). The molecule has 2 fully saturated rings. The molecule has 3 heterocycles. The lowest BCUT2D eigenvalue weighted by molar-refractivity contribution is -0.256. The summed E-state index contributed by atoms with van der Waals surface area (Å²) in [4.78, 5) is 64.8. The van der Waals surface area contributed by atoms with E-state index in [0.29, 0.717) is 28.0 Å². The molecule has 4 aliphatic rings. The Morgan fingerprint density at radius 1 is 0.452 bits per heavy atom. The number of carbonyl (C=O) groups excluding carboxylic acids is 4. The van der Waals surface area contributed by atoms with Crippen molar-refractivity contribution in [3.05, 3.63) is 183 Å². The van der Waals surface area contributed by atoms with E-state index in [1.54, 1.807) is 27.7 Å². The van der Waals surface area contributed by atoms with E-state index in [2.05, 4.69) is 4.90 Å². The van der Waals surface area contributed by atoms with E-state index < -0.39 is 70.1 Å². The Kier molecular flexibility index (Phi) is 9.61. The lowest BCUT2D eigenvalue weighted by atomic mass is 9.48. The number of nitrogens with zero attached hydrogens (tertiary/aromatic N) is 1. The third kappa shape index (κ3) is 6.26. The molecule has 0 saturated carbocycles. The highest BCUT2D eigenvalue weighted by Crippen LogP contribution is 2.70. The van der Waals surface area contributed by atoms with Crippen molar-refractivity contribution in [1.29, 1.82) is 0 Å². The molecule has 9 heteroatoms. The SMILES string of the molecule is Cc1ccc([C@H]2C3=C(C[C@@H](c4ccc(C)cc4)C4(C(=O)OC(C)(C)OC4=O)[C@H]3c3ccc(C)cc3)N(c3ccccc3)[C@@H](c3ccc(C)cc3)C23C(=O)OC(C)(C)OC3=O)cc1. The quantitative estimate of drug-likeness (QED) is 0.126. The molecular formula is C53H51NO8. The Morgan fingerprint density at radius 3 is 1.23 bits per heavy atom. The summed E-state index contributed by atoms with van der Waals surface area (Å²) >= 11 is 0. The number of carbonyl (C=O) groups is 4. The smallest absolute Gasteiger partial charge is 0.330 e. The highest BCUT2D eigenvalue weighted by Gasteiger charge is 2.75. The Morgan fingerprint density at radius 2 is 0.806 bits per heavy atom. The molecule has 316 valence electrons. The van der Waals surface area contributed by atoms with Gasteiger partial charge in [0.25, 0.3) is 11.6 Å². The lowest BCUT2D eigenvalue weighted by Crippen LogP contribution is -2.67. The van der Waals surface area contributed by atoms with Gasteiger partial charge in [-0.2, -0.15) is 0 Å². The molecule has 4 atom stereocenters. The maximum atomic E-state index is 15.8. The predicted molar refractivity (Wildman–Crippen MR) is 234 cm³/mol. The maximum Gasteiger partial charge on any atom is 0.330 e. The largest absolute Gasteiger partial charge is 0.422 e. The monoisotopic (exact) mass is 829 g/mol. The van der Waals surface area contributed by atoms with Gasteiger partial charge in [0, 0.05) is 56.8 Å². The van der Waals surface area contributed by atoms with E-state index >= 15 is 19.2 Å². The van der Waals surface area contributed by atoms with Crippen LogP contribution in [0, 0.1) is 38.5 Å². The number of benzene rings is 5. The number of hydrogen-bond donors (Lipinski definition) is 0. The minimum atomic E-state index is -2.14. The van der Waals surface area contributed by atoms with Crippen molar-refractivity contribution >= 4 is 29.6 Å². The van der Waals surface area contributed by atoms with Crippen LogP contribution in [-0.2, 0) is 38.1 Å². The summed E-state index contributed by atoms with van der Waals surface area (Å²) in [6, 6.07) is 39.8. The fourth-order valence-electron chi connectivity index (χ4n) is 10.5. The molecule has 9 nitrogen and oxygen atoms in total. The Balaban J connectivity index is 1.51. The first-order valence-electron chi connectivity index (χ1n) is 21.2. The molecule has 0 unspecified atom stereocenters. The second kappa shape index (κ2) is 14.6. The first-order chi connectivity index (χ1) is 29.5. The van der Waals surface area contributed by atoms with Crippen LogP contribution in [0.15, 0.2) is 139 Å². The summed E-state index contributed by atoms with van der Waals surface area (Å²) < 4.78 is 25.1. The van der Waals surface area contributed by atoms with Crippen molar-refractivity contribution in [2.24, 2.45) is 10.8 Å². The molecule has 2 spiro atoms. The van der Waals surface area contributed by atoms with E-state index in [9.17, 15) is 0 Å². The van der Waals surface area contributed by atoms with Crippen molar-refractivity contribution in [2.75, 3.05) is 4.90 Å². The number of anilines is 1. The van der Waals surface area contributed by atoms with E-state index in [0.717, 1.165) is 33.5 Å². The molecule has 3 aliphatic heterocycles. The molecule has 0 amide bonds. The van der Waals surface area contributed by atoms with E-state index in [1.807, 2.05) is 155 Å². The Hall–Kier alpha value is -6.48. The summed E-state index contributed by atoms with van der Waals surface area (Å²) in [5.74, 6) is -9.35. The van der Waals surface area contributed by atoms with Crippen molar-refractivity contribution < 1.29 is 38.1 Å². The average Bonchev–Trinajstić information content (AvgIpc) is 3.22. The normalized spacial score (nSPS) is 24.5. The highest BCUT2D eigenvalue weighted by atomic mass is 16.8. The molecule has 0 bridgehead atoms. The zero-order valence-electron chi connectivity index (χ0n) is 36.4. The maximum absolute atomic E-state index is 15.8.